The molecule has 0 aromatic carbocycles. The van der Waals surface area contributed by atoms with Gasteiger partial charge >= 0.3 is 0 Å². The highest BCUT2D eigenvalue weighted by atomic mass is 35.5. The monoisotopic (exact) mass is 178 g/mol. The van der Waals surface area contributed by atoms with Gasteiger partial charge in [-0.1, -0.05) is 0 Å². The lowest BCUT2D eigenvalue weighted by molar-refractivity contribution is -0.126. The Hall–Kier alpha value is -0.280. The van der Waals surface area contributed by atoms with Crippen molar-refractivity contribution in [2.24, 2.45) is 5.92 Å². The van der Waals surface area contributed by atoms with Crippen LogP contribution in [0.3, 0.4) is 0 Å². The van der Waals surface area contributed by atoms with Crippen molar-refractivity contribution in [2.45, 2.75) is 19.9 Å². The summed E-state index contributed by atoms with van der Waals surface area (Å²) < 4.78 is 0. The van der Waals surface area contributed by atoms with Gasteiger partial charge in [0.2, 0.25) is 5.91 Å². The van der Waals surface area contributed by atoms with E-state index in [0.717, 1.165) is 13.1 Å². The first kappa shape index (κ1) is 10.7. The molecule has 1 saturated heterocycles. The highest BCUT2D eigenvalue weighted by Gasteiger charge is 2.24. The molecule has 0 aromatic heterocycles. The number of rotatable bonds is 2. The molecule has 1 fully saturated rings. The summed E-state index contributed by atoms with van der Waals surface area (Å²) in [7, 11) is 0. The normalized spacial score (nSPS) is 17.0. The predicted molar refractivity (Wildman–Crippen MR) is 46.9 cm³/mol. The predicted octanol–water partition coefficient (Wildman–Crippen LogP) is 0.152. The van der Waals surface area contributed by atoms with Crippen molar-refractivity contribution in [2.75, 3.05) is 13.1 Å². The highest BCUT2D eigenvalue weighted by Crippen LogP contribution is 2.02. The molecule has 66 valence electrons. The van der Waals surface area contributed by atoms with E-state index in [1.54, 1.807) is 0 Å². The standard InChI is InChI=1S/C7H14N2O.ClH/c1-5(2)9-7(10)6-3-8-4-6;/h5-6,8H,3-4H2,1-2H3,(H,9,10);1H. The quantitative estimate of drug-likeness (QED) is 0.632. The van der Waals surface area contributed by atoms with Crippen molar-refractivity contribution in [1.82, 2.24) is 10.6 Å². The second kappa shape index (κ2) is 4.57. The second-order valence-corrected chi connectivity index (χ2v) is 3.02. The Morgan fingerprint density at radius 3 is 2.36 bits per heavy atom. The lowest BCUT2D eigenvalue weighted by atomic mass is 10.0. The minimum atomic E-state index is 0. The van der Waals surface area contributed by atoms with E-state index in [4.69, 9.17) is 0 Å². The first-order valence-electron chi connectivity index (χ1n) is 3.71. The number of halogens is 1. The third-order valence-electron chi connectivity index (χ3n) is 1.58. The second-order valence-electron chi connectivity index (χ2n) is 3.02. The molecule has 0 aromatic rings. The van der Waals surface area contributed by atoms with Crippen molar-refractivity contribution >= 4 is 18.3 Å². The van der Waals surface area contributed by atoms with Crippen molar-refractivity contribution in [1.29, 1.82) is 0 Å². The fraction of sp³-hybridized carbons (Fsp3) is 0.857. The van der Waals surface area contributed by atoms with E-state index in [0.29, 0.717) is 0 Å². The molecule has 0 atom stereocenters. The van der Waals surface area contributed by atoms with Gasteiger partial charge in [0.25, 0.3) is 0 Å². The summed E-state index contributed by atoms with van der Waals surface area (Å²) in [6.45, 7) is 5.64. The average molecular weight is 179 g/mol. The van der Waals surface area contributed by atoms with Gasteiger partial charge in [-0.2, -0.15) is 0 Å². The van der Waals surface area contributed by atoms with Gasteiger partial charge in [0.1, 0.15) is 0 Å². The van der Waals surface area contributed by atoms with E-state index in [1.165, 1.54) is 0 Å². The van der Waals surface area contributed by atoms with Gasteiger partial charge in [-0.25, -0.2) is 0 Å². The largest absolute Gasteiger partial charge is 0.354 e. The number of carbonyl (C=O) groups excluding carboxylic acids is 1. The Morgan fingerprint density at radius 2 is 2.09 bits per heavy atom. The van der Waals surface area contributed by atoms with Crippen molar-refractivity contribution in [3.05, 3.63) is 0 Å². The minimum Gasteiger partial charge on any atom is -0.354 e. The van der Waals surface area contributed by atoms with Gasteiger partial charge in [0, 0.05) is 19.1 Å². The Balaban J connectivity index is 0.000001000. The summed E-state index contributed by atoms with van der Waals surface area (Å²) >= 11 is 0. The molecule has 1 rings (SSSR count). The average Bonchev–Trinajstić information content (AvgIpc) is 1.55. The van der Waals surface area contributed by atoms with Crippen LogP contribution in [0.4, 0.5) is 0 Å². The molecule has 2 N–H and O–H groups in total. The van der Waals surface area contributed by atoms with E-state index in [2.05, 4.69) is 10.6 Å². The van der Waals surface area contributed by atoms with Crippen molar-refractivity contribution in [3.8, 4) is 0 Å². The lowest BCUT2D eigenvalue weighted by Gasteiger charge is -2.26. The molecular formula is C7H15ClN2O. The van der Waals surface area contributed by atoms with Crippen LogP contribution in [0.5, 0.6) is 0 Å². The summed E-state index contributed by atoms with van der Waals surface area (Å²) in [4.78, 5) is 11.1. The minimum absolute atomic E-state index is 0. The molecule has 4 heteroatoms. The van der Waals surface area contributed by atoms with E-state index < -0.39 is 0 Å². The zero-order chi connectivity index (χ0) is 7.56. The van der Waals surface area contributed by atoms with Crippen LogP contribution in [0.15, 0.2) is 0 Å². The molecule has 1 heterocycles. The summed E-state index contributed by atoms with van der Waals surface area (Å²) in [5, 5.41) is 5.92. The first-order valence-corrected chi connectivity index (χ1v) is 3.71. The maximum atomic E-state index is 11.1. The molecule has 0 radical (unpaired) electrons. The van der Waals surface area contributed by atoms with Crippen LogP contribution in [0.2, 0.25) is 0 Å². The molecular weight excluding hydrogens is 164 g/mol. The molecule has 1 aliphatic heterocycles. The molecule has 0 bridgehead atoms. The Morgan fingerprint density at radius 1 is 1.55 bits per heavy atom. The SMILES string of the molecule is CC(C)NC(=O)C1CNC1.Cl. The number of nitrogens with one attached hydrogen (secondary N) is 2. The molecule has 11 heavy (non-hydrogen) atoms. The summed E-state index contributed by atoms with van der Waals surface area (Å²) in [6.07, 6.45) is 0. The van der Waals surface area contributed by atoms with Crippen LogP contribution in [0.25, 0.3) is 0 Å². The first-order chi connectivity index (χ1) is 4.70. The molecule has 1 amide bonds. The molecule has 1 aliphatic rings. The third kappa shape index (κ3) is 3.08. The van der Waals surface area contributed by atoms with Crippen molar-refractivity contribution < 1.29 is 4.79 Å². The number of amides is 1. The highest BCUT2D eigenvalue weighted by molar-refractivity contribution is 5.85. The van der Waals surface area contributed by atoms with Gasteiger partial charge < -0.3 is 10.6 Å². The number of hydrogen-bond donors (Lipinski definition) is 2. The van der Waals surface area contributed by atoms with Gasteiger partial charge in [0.15, 0.2) is 0 Å². The van der Waals surface area contributed by atoms with Crippen LogP contribution in [0.1, 0.15) is 13.8 Å². The summed E-state index contributed by atoms with van der Waals surface area (Å²) in [6, 6.07) is 0.271. The van der Waals surface area contributed by atoms with Crippen LogP contribution < -0.4 is 10.6 Å². The van der Waals surface area contributed by atoms with Crippen LogP contribution >= 0.6 is 12.4 Å². The van der Waals surface area contributed by atoms with Crippen LogP contribution in [0, 0.1) is 5.92 Å². The molecule has 3 nitrogen and oxygen atoms in total. The smallest absolute Gasteiger partial charge is 0.225 e. The van der Waals surface area contributed by atoms with Gasteiger partial charge in [-0.3, -0.25) is 4.79 Å². The van der Waals surface area contributed by atoms with Crippen LogP contribution in [-0.4, -0.2) is 25.0 Å². The Labute approximate surface area is 73.3 Å². The zero-order valence-electron chi connectivity index (χ0n) is 6.89. The Kier molecular flexibility index (Phi) is 4.45. The lowest BCUT2D eigenvalue weighted by Crippen LogP contribution is -2.51. The molecule has 0 spiro atoms. The van der Waals surface area contributed by atoms with E-state index in [9.17, 15) is 4.79 Å². The van der Waals surface area contributed by atoms with E-state index >= 15 is 0 Å². The van der Waals surface area contributed by atoms with Crippen molar-refractivity contribution in [3.63, 3.8) is 0 Å². The third-order valence-corrected chi connectivity index (χ3v) is 1.58. The number of hydrogen-bond acceptors (Lipinski definition) is 2. The zero-order valence-corrected chi connectivity index (χ0v) is 7.70. The number of carbonyl (C=O) groups is 1. The molecule has 0 aliphatic carbocycles. The fourth-order valence-corrected chi connectivity index (χ4v) is 0.876. The van der Waals surface area contributed by atoms with Gasteiger partial charge in [0.05, 0.1) is 5.92 Å². The maximum Gasteiger partial charge on any atom is 0.225 e. The molecule has 0 saturated carbocycles. The summed E-state index contributed by atoms with van der Waals surface area (Å²) in [5.74, 6) is 0.413. The fourth-order valence-electron chi connectivity index (χ4n) is 0.876. The van der Waals surface area contributed by atoms with Crippen LogP contribution in [-0.2, 0) is 4.79 Å². The van der Waals surface area contributed by atoms with E-state index in [-0.39, 0.29) is 30.3 Å². The maximum absolute atomic E-state index is 11.1. The molecule has 0 unspecified atom stereocenters. The summed E-state index contributed by atoms with van der Waals surface area (Å²) in [5.41, 5.74) is 0. The van der Waals surface area contributed by atoms with E-state index in [1.807, 2.05) is 13.8 Å². The van der Waals surface area contributed by atoms with Gasteiger partial charge in [-0.15, -0.1) is 12.4 Å². The van der Waals surface area contributed by atoms with Gasteiger partial charge in [-0.05, 0) is 13.8 Å². The Bertz CT molecular complexity index is 134. The topological polar surface area (TPSA) is 41.1 Å².